The molecule has 2 nitrogen and oxygen atoms in total. The van der Waals surface area contributed by atoms with Gasteiger partial charge in [0.25, 0.3) is 0 Å². The van der Waals surface area contributed by atoms with Gasteiger partial charge in [-0.25, -0.2) is 8.78 Å². The van der Waals surface area contributed by atoms with Crippen LogP contribution >= 0.6 is 11.8 Å². The first-order valence-corrected chi connectivity index (χ1v) is 6.57. The van der Waals surface area contributed by atoms with Crippen molar-refractivity contribution >= 4 is 11.8 Å². The van der Waals surface area contributed by atoms with Gasteiger partial charge in [0.15, 0.2) is 0 Å². The molecule has 0 bridgehead atoms. The number of hydrogen-bond donors (Lipinski definition) is 0. The Balaban J connectivity index is 2.41. The van der Waals surface area contributed by atoms with Crippen LogP contribution in [0.4, 0.5) is 8.78 Å². The van der Waals surface area contributed by atoms with Crippen LogP contribution in [-0.4, -0.2) is 6.26 Å². The highest BCUT2D eigenvalue weighted by Crippen LogP contribution is 2.31. The molecule has 0 aromatic heterocycles. The third-order valence-electron chi connectivity index (χ3n) is 2.38. The van der Waals surface area contributed by atoms with Crippen LogP contribution in [0, 0.1) is 23.0 Å². The van der Waals surface area contributed by atoms with E-state index in [1.165, 1.54) is 11.8 Å². The second-order valence-corrected chi connectivity index (χ2v) is 4.50. The maximum atomic E-state index is 13.1. The van der Waals surface area contributed by atoms with Gasteiger partial charge in [-0.05, 0) is 18.4 Å². The normalized spacial score (nSPS) is 10.0. The first-order chi connectivity index (χ1) is 9.13. The molecular weight excluding hydrogens is 268 g/mol. The molecule has 19 heavy (non-hydrogen) atoms. The molecule has 0 aliphatic rings. The molecule has 0 N–H and O–H groups in total. The molecule has 5 heteroatoms. The molecule has 0 fully saturated rings. The number of nitrogens with zero attached hydrogens (tertiary/aromatic N) is 1. The number of nitriles is 1. The second kappa shape index (κ2) is 5.72. The topological polar surface area (TPSA) is 33.0 Å². The van der Waals surface area contributed by atoms with E-state index in [4.69, 9.17) is 10.00 Å². The summed E-state index contributed by atoms with van der Waals surface area (Å²) in [5.74, 6) is -1.16. The maximum Gasteiger partial charge on any atom is 0.146 e. The van der Waals surface area contributed by atoms with Crippen molar-refractivity contribution in [3.05, 3.63) is 53.6 Å². The molecule has 0 saturated heterocycles. The second-order valence-electron chi connectivity index (χ2n) is 3.65. The van der Waals surface area contributed by atoms with Gasteiger partial charge in [-0.1, -0.05) is 6.07 Å². The molecule has 0 heterocycles. The summed E-state index contributed by atoms with van der Waals surface area (Å²) in [5.41, 5.74) is 0.347. The highest BCUT2D eigenvalue weighted by molar-refractivity contribution is 7.98. The number of hydrogen-bond acceptors (Lipinski definition) is 3. The number of thioether (sulfide) groups is 1. The average Bonchev–Trinajstić information content (AvgIpc) is 2.37. The van der Waals surface area contributed by atoms with Gasteiger partial charge in [0.2, 0.25) is 0 Å². The number of rotatable bonds is 3. The molecule has 0 unspecified atom stereocenters. The zero-order chi connectivity index (χ0) is 13.8. The van der Waals surface area contributed by atoms with Gasteiger partial charge in [-0.15, -0.1) is 11.8 Å². The Bertz CT molecular complexity index is 632. The van der Waals surface area contributed by atoms with Crippen molar-refractivity contribution in [1.29, 1.82) is 5.26 Å². The Labute approximate surface area is 113 Å². The smallest absolute Gasteiger partial charge is 0.146 e. The van der Waals surface area contributed by atoms with Crippen LogP contribution in [0.15, 0.2) is 41.3 Å². The molecule has 0 saturated carbocycles. The lowest BCUT2D eigenvalue weighted by Crippen LogP contribution is -1.92. The summed E-state index contributed by atoms with van der Waals surface area (Å²) >= 11 is 1.40. The van der Waals surface area contributed by atoms with Gasteiger partial charge in [-0.2, -0.15) is 5.26 Å². The number of benzene rings is 2. The molecule has 0 aliphatic carbocycles. The summed E-state index contributed by atoms with van der Waals surface area (Å²) in [6.45, 7) is 0. The van der Waals surface area contributed by atoms with Crippen molar-refractivity contribution in [3.8, 4) is 17.6 Å². The summed E-state index contributed by atoms with van der Waals surface area (Å²) in [4.78, 5) is 0.747. The van der Waals surface area contributed by atoms with E-state index in [-0.39, 0.29) is 11.5 Å². The van der Waals surface area contributed by atoms with E-state index in [1.54, 1.807) is 18.2 Å². The third kappa shape index (κ3) is 3.04. The Morgan fingerprint density at radius 1 is 1.16 bits per heavy atom. The van der Waals surface area contributed by atoms with Crippen LogP contribution in [0.5, 0.6) is 11.5 Å². The minimum atomic E-state index is -0.727. The fraction of sp³-hybridized carbons (Fsp3) is 0.0714. The third-order valence-corrected chi connectivity index (χ3v) is 3.16. The standard InChI is InChI=1S/C14H9F2NOS/c1-19-14-4-2-3-13(12(14)8-17)18-11-6-9(15)5-10(16)7-11/h2-7H,1H3. The average molecular weight is 277 g/mol. The van der Waals surface area contributed by atoms with Crippen molar-refractivity contribution in [2.45, 2.75) is 4.90 Å². The lowest BCUT2D eigenvalue weighted by molar-refractivity contribution is 0.465. The lowest BCUT2D eigenvalue weighted by atomic mass is 10.2. The monoisotopic (exact) mass is 277 g/mol. The summed E-state index contributed by atoms with van der Waals surface area (Å²) in [5, 5.41) is 9.13. The van der Waals surface area contributed by atoms with Gasteiger partial charge >= 0.3 is 0 Å². The molecule has 0 radical (unpaired) electrons. The summed E-state index contributed by atoms with van der Waals surface area (Å²) < 4.78 is 31.5. The van der Waals surface area contributed by atoms with E-state index in [1.807, 2.05) is 12.3 Å². The molecule has 0 amide bonds. The Kier molecular flexibility index (Phi) is 4.03. The molecule has 0 spiro atoms. The maximum absolute atomic E-state index is 13.1. The van der Waals surface area contributed by atoms with Gasteiger partial charge < -0.3 is 4.74 Å². The highest BCUT2D eigenvalue weighted by Gasteiger charge is 2.10. The summed E-state index contributed by atoms with van der Waals surface area (Å²) in [7, 11) is 0. The zero-order valence-electron chi connectivity index (χ0n) is 9.98. The molecule has 0 aliphatic heterocycles. The van der Waals surface area contributed by atoms with Gasteiger partial charge in [-0.3, -0.25) is 0 Å². The zero-order valence-corrected chi connectivity index (χ0v) is 10.8. The quantitative estimate of drug-likeness (QED) is 0.782. The fourth-order valence-electron chi connectivity index (χ4n) is 1.59. The van der Waals surface area contributed by atoms with E-state index in [0.29, 0.717) is 5.56 Å². The van der Waals surface area contributed by atoms with E-state index in [2.05, 4.69) is 0 Å². The SMILES string of the molecule is CSc1cccc(Oc2cc(F)cc(F)c2)c1C#N. The van der Waals surface area contributed by atoms with E-state index < -0.39 is 11.6 Å². The van der Waals surface area contributed by atoms with Crippen LogP contribution in [-0.2, 0) is 0 Å². The number of halogens is 2. The summed E-state index contributed by atoms with van der Waals surface area (Å²) in [6, 6.07) is 10.0. The predicted molar refractivity (Wildman–Crippen MR) is 69.4 cm³/mol. The molecule has 2 aromatic rings. The van der Waals surface area contributed by atoms with E-state index in [9.17, 15) is 8.78 Å². The van der Waals surface area contributed by atoms with Gasteiger partial charge in [0, 0.05) is 23.1 Å². The van der Waals surface area contributed by atoms with E-state index in [0.717, 1.165) is 23.1 Å². The lowest BCUT2D eigenvalue weighted by Gasteiger charge is -2.09. The van der Waals surface area contributed by atoms with Crippen molar-refractivity contribution < 1.29 is 13.5 Å². The first kappa shape index (κ1) is 13.4. The largest absolute Gasteiger partial charge is 0.456 e. The molecule has 0 atom stereocenters. The van der Waals surface area contributed by atoms with E-state index >= 15 is 0 Å². The predicted octanol–water partition coefficient (Wildman–Crippen LogP) is 4.35. The fourth-order valence-corrected chi connectivity index (χ4v) is 2.16. The van der Waals surface area contributed by atoms with Gasteiger partial charge in [0.05, 0.1) is 0 Å². The minimum Gasteiger partial charge on any atom is -0.456 e. The number of ether oxygens (including phenoxy) is 1. The van der Waals surface area contributed by atoms with Crippen molar-refractivity contribution in [2.24, 2.45) is 0 Å². The Morgan fingerprint density at radius 3 is 2.42 bits per heavy atom. The molecular formula is C14H9F2NOS. The Morgan fingerprint density at radius 2 is 1.84 bits per heavy atom. The van der Waals surface area contributed by atoms with Crippen molar-refractivity contribution in [3.63, 3.8) is 0 Å². The molecule has 2 aromatic carbocycles. The summed E-state index contributed by atoms with van der Waals surface area (Å²) in [6.07, 6.45) is 1.84. The minimum absolute atomic E-state index is 0.0206. The van der Waals surface area contributed by atoms with Crippen LogP contribution in [0.1, 0.15) is 5.56 Å². The van der Waals surface area contributed by atoms with Crippen LogP contribution < -0.4 is 4.74 Å². The highest BCUT2D eigenvalue weighted by atomic mass is 32.2. The van der Waals surface area contributed by atoms with Crippen LogP contribution in [0.25, 0.3) is 0 Å². The van der Waals surface area contributed by atoms with Crippen LogP contribution in [0.2, 0.25) is 0 Å². The first-order valence-electron chi connectivity index (χ1n) is 5.35. The van der Waals surface area contributed by atoms with Crippen LogP contribution in [0.3, 0.4) is 0 Å². The Hall–Kier alpha value is -2.06. The molecule has 2 rings (SSSR count). The van der Waals surface area contributed by atoms with Crippen molar-refractivity contribution in [1.82, 2.24) is 0 Å². The molecule has 96 valence electrons. The van der Waals surface area contributed by atoms with Crippen molar-refractivity contribution in [2.75, 3.05) is 6.26 Å². The van der Waals surface area contributed by atoms with Gasteiger partial charge in [0.1, 0.15) is 34.8 Å².